The molecule has 0 aromatic rings. The molecule has 4 aliphatic rings. The third kappa shape index (κ3) is 4.32. The van der Waals surface area contributed by atoms with Crippen LogP contribution >= 0.6 is 11.8 Å². The number of hydrogen-bond donors (Lipinski definition) is 1. The van der Waals surface area contributed by atoms with Gasteiger partial charge < -0.3 is 19.6 Å². The highest BCUT2D eigenvalue weighted by molar-refractivity contribution is 8.02. The summed E-state index contributed by atoms with van der Waals surface area (Å²) in [6.45, 7) is 7.47. The second-order valence-corrected chi connectivity index (χ2v) is 11.8. The molecule has 4 heterocycles. The van der Waals surface area contributed by atoms with Crippen molar-refractivity contribution in [3.05, 3.63) is 24.3 Å². The smallest absolute Gasteiger partial charge is 0.311 e. The van der Waals surface area contributed by atoms with Gasteiger partial charge in [-0.05, 0) is 25.2 Å². The Labute approximate surface area is 206 Å². The Morgan fingerprint density at radius 3 is 2.71 bits per heavy atom. The molecular formula is C26H38N2O5S. The van der Waals surface area contributed by atoms with Gasteiger partial charge in [0.1, 0.15) is 6.04 Å². The Morgan fingerprint density at radius 2 is 2.00 bits per heavy atom. The van der Waals surface area contributed by atoms with Gasteiger partial charge in [0.2, 0.25) is 11.8 Å². The number of ether oxygens (including phenoxy) is 1. The first kappa shape index (κ1) is 25.3. The number of esters is 1. The minimum absolute atomic E-state index is 0.0710. The maximum absolute atomic E-state index is 14.1. The molecule has 188 valence electrons. The van der Waals surface area contributed by atoms with E-state index in [1.807, 2.05) is 43.1 Å². The van der Waals surface area contributed by atoms with Crippen LogP contribution in [-0.2, 0) is 19.1 Å². The third-order valence-corrected chi connectivity index (χ3v) is 9.27. The second-order valence-electron chi connectivity index (χ2n) is 10.3. The molecule has 8 heteroatoms. The number of amides is 2. The lowest BCUT2D eigenvalue weighted by Gasteiger charge is -2.39. The number of nitrogens with zero attached hydrogens (tertiary/aromatic N) is 2. The molecule has 0 saturated carbocycles. The van der Waals surface area contributed by atoms with Gasteiger partial charge in [-0.25, -0.2) is 0 Å². The van der Waals surface area contributed by atoms with Crippen molar-refractivity contribution >= 4 is 29.5 Å². The van der Waals surface area contributed by atoms with E-state index in [-0.39, 0.29) is 35.6 Å². The fraction of sp³-hybridized carbons (Fsp3) is 0.731. The molecule has 0 aromatic heterocycles. The van der Waals surface area contributed by atoms with Crippen LogP contribution in [0.25, 0.3) is 0 Å². The highest BCUT2D eigenvalue weighted by atomic mass is 32.2. The van der Waals surface area contributed by atoms with Gasteiger partial charge in [0.25, 0.3) is 0 Å². The molecule has 6 atom stereocenters. The van der Waals surface area contributed by atoms with Crippen molar-refractivity contribution < 1.29 is 24.2 Å². The number of aliphatic hydroxyl groups excluding tert-OH is 1. The van der Waals surface area contributed by atoms with E-state index in [0.717, 1.165) is 19.3 Å². The highest BCUT2D eigenvalue weighted by Gasteiger charge is 2.71. The van der Waals surface area contributed by atoms with E-state index in [0.29, 0.717) is 32.5 Å². The maximum atomic E-state index is 14.1. The normalized spacial score (nSPS) is 33.9. The fourth-order valence-corrected chi connectivity index (χ4v) is 8.05. The van der Waals surface area contributed by atoms with Crippen molar-refractivity contribution in [2.45, 2.75) is 75.0 Å². The predicted molar refractivity (Wildman–Crippen MR) is 132 cm³/mol. The van der Waals surface area contributed by atoms with Gasteiger partial charge in [-0.3, -0.25) is 14.4 Å². The average molecular weight is 491 g/mol. The largest absolute Gasteiger partial charge is 0.465 e. The predicted octanol–water partition coefficient (Wildman–Crippen LogP) is 2.78. The summed E-state index contributed by atoms with van der Waals surface area (Å²) in [5.74, 6) is -1.70. The summed E-state index contributed by atoms with van der Waals surface area (Å²) in [4.78, 5) is 44.9. The molecule has 1 spiro atoms. The van der Waals surface area contributed by atoms with E-state index in [1.54, 1.807) is 16.7 Å². The van der Waals surface area contributed by atoms with Gasteiger partial charge in [0.05, 0.1) is 35.8 Å². The van der Waals surface area contributed by atoms with E-state index in [2.05, 4.69) is 6.92 Å². The molecule has 0 radical (unpaired) electrons. The number of carbonyl (C=O) groups is 3. The highest BCUT2D eigenvalue weighted by Crippen LogP contribution is 2.61. The van der Waals surface area contributed by atoms with Gasteiger partial charge >= 0.3 is 5.97 Å². The van der Waals surface area contributed by atoms with Crippen molar-refractivity contribution in [3.63, 3.8) is 0 Å². The molecule has 0 aliphatic carbocycles. The van der Waals surface area contributed by atoms with Gasteiger partial charge in [0.15, 0.2) is 0 Å². The Kier molecular flexibility index (Phi) is 7.77. The molecule has 2 amide bonds. The zero-order valence-corrected chi connectivity index (χ0v) is 21.3. The molecular weight excluding hydrogens is 452 g/mol. The van der Waals surface area contributed by atoms with Crippen LogP contribution in [0.5, 0.6) is 0 Å². The van der Waals surface area contributed by atoms with Crippen molar-refractivity contribution in [3.8, 4) is 0 Å². The van der Waals surface area contributed by atoms with E-state index in [4.69, 9.17) is 4.74 Å². The summed E-state index contributed by atoms with van der Waals surface area (Å²) in [5, 5.41) is 10.1. The molecule has 2 fully saturated rings. The first-order chi connectivity index (χ1) is 16.4. The number of cyclic esters (lactones) is 1. The fourth-order valence-electron chi connectivity index (χ4n) is 6.06. The molecule has 2 saturated heterocycles. The number of aliphatic hydroxyl groups is 1. The quantitative estimate of drug-likeness (QED) is 0.320. The van der Waals surface area contributed by atoms with Crippen LogP contribution in [0.15, 0.2) is 24.3 Å². The topological polar surface area (TPSA) is 87.2 Å². The zero-order valence-electron chi connectivity index (χ0n) is 20.5. The van der Waals surface area contributed by atoms with Crippen molar-refractivity contribution in [1.29, 1.82) is 0 Å². The number of thioether (sulfide) groups is 1. The van der Waals surface area contributed by atoms with Crippen LogP contribution in [0.3, 0.4) is 0 Å². The van der Waals surface area contributed by atoms with Crippen molar-refractivity contribution in [2.75, 3.05) is 26.3 Å². The van der Waals surface area contributed by atoms with Crippen molar-refractivity contribution in [2.24, 2.45) is 17.8 Å². The molecule has 34 heavy (non-hydrogen) atoms. The third-order valence-electron chi connectivity index (χ3n) is 7.52. The number of unbranched alkanes of at least 4 members (excludes halogenated alkanes) is 2. The minimum Gasteiger partial charge on any atom is -0.465 e. The van der Waals surface area contributed by atoms with E-state index >= 15 is 0 Å². The number of rotatable bonds is 8. The van der Waals surface area contributed by atoms with Crippen LogP contribution in [0, 0.1) is 17.8 Å². The number of fused-ring (bicyclic) bond motifs is 2. The second kappa shape index (κ2) is 10.4. The first-order valence-corrected chi connectivity index (χ1v) is 13.6. The van der Waals surface area contributed by atoms with Crippen molar-refractivity contribution in [1.82, 2.24) is 9.80 Å². The summed E-state index contributed by atoms with van der Waals surface area (Å²) in [5.41, 5.74) is 0. The van der Waals surface area contributed by atoms with Crippen LogP contribution in [0.4, 0.5) is 0 Å². The summed E-state index contributed by atoms with van der Waals surface area (Å²) >= 11 is 1.56. The van der Waals surface area contributed by atoms with Gasteiger partial charge in [-0.1, -0.05) is 57.9 Å². The lowest BCUT2D eigenvalue weighted by atomic mass is 9.78. The lowest BCUT2D eigenvalue weighted by Crippen LogP contribution is -2.56. The molecule has 0 bridgehead atoms. The Morgan fingerprint density at radius 1 is 1.21 bits per heavy atom. The van der Waals surface area contributed by atoms with Gasteiger partial charge in [-0.2, -0.15) is 0 Å². The van der Waals surface area contributed by atoms with E-state index in [9.17, 15) is 19.5 Å². The summed E-state index contributed by atoms with van der Waals surface area (Å²) in [6.07, 6.45) is 12.3. The van der Waals surface area contributed by atoms with Gasteiger partial charge in [0, 0.05) is 18.3 Å². The summed E-state index contributed by atoms with van der Waals surface area (Å²) in [7, 11) is 0. The summed E-state index contributed by atoms with van der Waals surface area (Å²) in [6, 6.07) is -1.20. The molecule has 0 aromatic carbocycles. The SMILES string of the molecule is CCCCCN1CC=C[C@]23S[C@H]4C=CCCOC(=O)[C@H]4[C@H]2C(=O)N([C@@H](CO)CC(C)C)C3C1=O. The standard InChI is InChI=1S/C26H38N2O5S/c1-4-5-7-12-27-13-9-11-26-21(20-19(34-26)10-6-8-14-33-25(20)32)23(30)28(22(26)24(27)31)18(16-29)15-17(2)3/h6,9-11,17-22,29H,4-5,7-8,12-16H2,1-3H3/t18-,19+,20-,21+,22?,26+/m1/s1. The number of carbonyl (C=O) groups excluding carboxylic acids is 3. The number of hydrogen-bond acceptors (Lipinski definition) is 6. The minimum atomic E-state index is -0.846. The van der Waals surface area contributed by atoms with Crippen LogP contribution < -0.4 is 0 Å². The molecule has 4 aliphatic heterocycles. The average Bonchev–Trinajstić information content (AvgIpc) is 3.18. The number of likely N-dealkylation sites (tertiary alicyclic amines) is 1. The Balaban J connectivity index is 1.79. The molecule has 4 rings (SSSR count). The van der Waals surface area contributed by atoms with Gasteiger partial charge in [-0.15, -0.1) is 11.8 Å². The van der Waals surface area contributed by atoms with Crippen LogP contribution in [-0.4, -0.2) is 81.1 Å². The zero-order chi connectivity index (χ0) is 24.5. The summed E-state index contributed by atoms with van der Waals surface area (Å²) < 4.78 is 4.67. The van der Waals surface area contributed by atoms with E-state index < -0.39 is 28.7 Å². The maximum Gasteiger partial charge on any atom is 0.311 e. The Hall–Kier alpha value is -1.80. The first-order valence-electron chi connectivity index (χ1n) is 12.8. The van der Waals surface area contributed by atoms with E-state index in [1.165, 1.54) is 0 Å². The molecule has 1 N–H and O–H groups in total. The molecule has 7 nitrogen and oxygen atoms in total. The van der Waals surface area contributed by atoms with Crippen LogP contribution in [0.1, 0.15) is 52.9 Å². The monoisotopic (exact) mass is 490 g/mol. The molecule has 1 unspecified atom stereocenters. The Bertz CT molecular complexity index is 858. The lowest BCUT2D eigenvalue weighted by molar-refractivity contribution is -0.153. The van der Waals surface area contributed by atoms with Crippen LogP contribution in [0.2, 0.25) is 0 Å².